The highest BCUT2D eigenvalue weighted by molar-refractivity contribution is 7.14. The zero-order valence-electron chi connectivity index (χ0n) is 14.0. The summed E-state index contributed by atoms with van der Waals surface area (Å²) in [5, 5.41) is 5.60. The maximum absolute atomic E-state index is 12.1. The van der Waals surface area contributed by atoms with Crippen molar-refractivity contribution in [3.8, 4) is 11.5 Å². The average molecular weight is 374 g/mol. The van der Waals surface area contributed by atoms with Gasteiger partial charge in [0.25, 0.3) is 0 Å². The Hall–Kier alpha value is -2.74. The number of hydrogen-bond acceptors (Lipinski definition) is 6. The summed E-state index contributed by atoms with van der Waals surface area (Å²) in [6, 6.07) is 9.44. The molecule has 1 saturated heterocycles. The monoisotopic (exact) mass is 374 g/mol. The lowest BCUT2D eigenvalue weighted by Crippen LogP contribution is -2.34. The van der Waals surface area contributed by atoms with Gasteiger partial charge in [0, 0.05) is 6.42 Å². The van der Waals surface area contributed by atoms with Crippen LogP contribution in [0.2, 0.25) is 0 Å². The van der Waals surface area contributed by atoms with E-state index in [1.54, 1.807) is 4.90 Å². The van der Waals surface area contributed by atoms with Gasteiger partial charge in [0.05, 0.1) is 13.1 Å². The number of cyclic esters (lactones) is 1. The van der Waals surface area contributed by atoms with Crippen LogP contribution < -0.4 is 19.7 Å². The molecule has 1 aromatic heterocycles. The molecular weight excluding hydrogens is 356 g/mol. The molecule has 0 bridgehead atoms. The molecule has 0 radical (unpaired) electrons. The number of ether oxygens (including phenoxy) is 3. The van der Waals surface area contributed by atoms with Crippen molar-refractivity contribution >= 4 is 28.3 Å². The molecule has 4 rings (SSSR count). The normalized spacial score (nSPS) is 18.1. The lowest BCUT2D eigenvalue weighted by molar-refractivity contribution is -0.121. The number of anilines is 1. The molecule has 0 spiro atoms. The number of fused-ring (bicyclic) bond motifs is 1. The van der Waals surface area contributed by atoms with Crippen molar-refractivity contribution in [2.75, 3.05) is 24.8 Å². The third-order valence-electron chi connectivity index (χ3n) is 4.25. The number of nitrogens with zero attached hydrogens (tertiary/aromatic N) is 1. The van der Waals surface area contributed by atoms with Crippen molar-refractivity contribution in [2.24, 2.45) is 0 Å². The summed E-state index contributed by atoms with van der Waals surface area (Å²) in [6.45, 7) is 0.997. The first kappa shape index (κ1) is 16.7. The van der Waals surface area contributed by atoms with E-state index in [1.165, 1.54) is 11.3 Å². The minimum atomic E-state index is -0.368. The Balaban J connectivity index is 1.23. The van der Waals surface area contributed by atoms with Gasteiger partial charge in [-0.05, 0) is 41.6 Å². The Kier molecular flexibility index (Phi) is 4.66. The Morgan fingerprint density at radius 2 is 2.15 bits per heavy atom. The first-order chi connectivity index (χ1) is 12.7. The van der Waals surface area contributed by atoms with Gasteiger partial charge in [-0.3, -0.25) is 9.69 Å². The van der Waals surface area contributed by atoms with Crippen LogP contribution in [0.5, 0.6) is 11.5 Å². The van der Waals surface area contributed by atoms with Crippen molar-refractivity contribution in [3.63, 3.8) is 0 Å². The quantitative estimate of drug-likeness (QED) is 0.841. The summed E-state index contributed by atoms with van der Waals surface area (Å²) in [7, 11) is 0. The van der Waals surface area contributed by atoms with E-state index in [0.29, 0.717) is 25.9 Å². The van der Waals surface area contributed by atoms with Gasteiger partial charge in [0.1, 0.15) is 11.1 Å². The number of carbonyl (C=O) groups is 2. The van der Waals surface area contributed by atoms with E-state index in [9.17, 15) is 9.59 Å². The van der Waals surface area contributed by atoms with Crippen LogP contribution in [0.15, 0.2) is 35.7 Å². The number of nitrogens with one attached hydrogen (secondary N) is 1. The fourth-order valence-electron chi connectivity index (χ4n) is 2.90. The summed E-state index contributed by atoms with van der Waals surface area (Å²) in [6.07, 6.45) is 0.259. The second kappa shape index (κ2) is 7.25. The number of aryl methyl sites for hydroxylation is 1. The van der Waals surface area contributed by atoms with Gasteiger partial charge in [-0.15, -0.1) is 11.3 Å². The molecule has 0 aliphatic carbocycles. The first-order valence-corrected chi connectivity index (χ1v) is 9.24. The molecule has 2 aliphatic heterocycles. The third kappa shape index (κ3) is 3.60. The van der Waals surface area contributed by atoms with Crippen LogP contribution in [-0.4, -0.2) is 38.0 Å². The van der Waals surface area contributed by atoms with Crippen LogP contribution in [0.4, 0.5) is 9.80 Å². The van der Waals surface area contributed by atoms with Crippen LogP contribution in [0, 0.1) is 0 Å². The van der Waals surface area contributed by atoms with Crippen LogP contribution in [0.1, 0.15) is 12.0 Å². The molecule has 1 fully saturated rings. The predicted octanol–water partition coefficient (Wildman–Crippen LogP) is 2.55. The SMILES string of the molecule is O=C(CCc1ccc2c(c1)OCO2)NCC1CN(c2cccs2)C(=O)O1. The number of carbonyl (C=O) groups excluding carboxylic acids is 2. The molecule has 8 heteroatoms. The minimum absolute atomic E-state index is 0.0757. The van der Waals surface area contributed by atoms with Crippen molar-refractivity contribution in [1.29, 1.82) is 0 Å². The van der Waals surface area contributed by atoms with Crippen LogP contribution in [0.25, 0.3) is 0 Å². The van der Waals surface area contributed by atoms with Gasteiger partial charge in [-0.25, -0.2) is 4.79 Å². The van der Waals surface area contributed by atoms with Gasteiger partial charge in [0.2, 0.25) is 12.7 Å². The molecule has 136 valence electrons. The minimum Gasteiger partial charge on any atom is -0.454 e. The number of benzene rings is 1. The maximum atomic E-state index is 12.1. The van der Waals surface area contributed by atoms with E-state index in [2.05, 4.69) is 5.32 Å². The Morgan fingerprint density at radius 3 is 3.00 bits per heavy atom. The average Bonchev–Trinajstić information content (AvgIpc) is 3.38. The second-order valence-corrected chi connectivity index (χ2v) is 6.99. The van der Waals surface area contributed by atoms with Crippen molar-refractivity contribution in [1.82, 2.24) is 5.32 Å². The molecule has 2 aromatic rings. The van der Waals surface area contributed by atoms with Crippen molar-refractivity contribution < 1.29 is 23.8 Å². The topological polar surface area (TPSA) is 77.1 Å². The summed E-state index contributed by atoms with van der Waals surface area (Å²) < 4.78 is 15.9. The molecule has 1 unspecified atom stereocenters. The van der Waals surface area contributed by atoms with Gasteiger partial charge < -0.3 is 19.5 Å². The first-order valence-electron chi connectivity index (χ1n) is 8.36. The molecule has 1 N–H and O–H groups in total. The third-order valence-corrected chi connectivity index (χ3v) is 5.14. The fraction of sp³-hybridized carbons (Fsp3) is 0.333. The molecule has 3 heterocycles. The highest BCUT2D eigenvalue weighted by atomic mass is 32.1. The lowest BCUT2D eigenvalue weighted by Gasteiger charge is -2.11. The van der Waals surface area contributed by atoms with Crippen LogP contribution >= 0.6 is 11.3 Å². The molecule has 26 heavy (non-hydrogen) atoms. The van der Waals surface area contributed by atoms with Crippen molar-refractivity contribution in [3.05, 3.63) is 41.3 Å². The summed E-state index contributed by atoms with van der Waals surface area (Å²) in [5.41, 5.74) is 1.01. The zero-order chi connectivity index (χ0) is 17.9. The molecule has 0 saturated carbocycles. The van der Waals surface area contributed by atoms with Gasteiger partial charge >= 0.3 is 6.09 Å². The van der Waals surface area contributed by atoms with Gasteiger partial charge in [0.15, 0.2) is 11.5 Å². The second-order valence-electron chi connectivity index (χ2n) is 6.06. The highest BCUT2D eigenvalue weighted by Gasteiger charge is 2.32. The lowest BCUT2D eigenvalue weighted by atomic mass is 10.1. The highest BCUT2D eigenvalue weighted by Crippen LogP contribution is 2.32. The Bertz CT molecular complexity index is 808. The van der Waals surface area contributed by atoms with E-state index in [0.717, 1.165) is 22.1 Å². The molecule has 2 aliphatic rings. The van der Waals surface area contributed by atoms with E-state index < -0.39 is 0 Å². The number of thiophene rings is 1. The number of rotatable bonds is 6. The van der Waals surface area contributed by atoms with Crippen LogP contribution in [0.3, 0.4) is 0 Å². The molecule has 1 aromatic carbocycles. The summed E-state index contributed by atoms with van der Waals surface area (Å²) in [4.78, 5) is 25.6. The largest absolute Gasteiger partial charge is 0.454 e. The van der Waals surface area contributed by atoms with E-state index >= 15 is 0 Å². The molecule has 2 amide bonds. The number of amides is 2. The predicted molar refractivity (Wildman–Crippen MR) is 95.8 cm³/mol. The van der Waals surface area contributed by atoms with E-state index in [4.69, 9.17) is 14.2 Å². The standard InChI is InChI=1S/C18H18N2O5S/c21-16(6-4-12-3-5-14-15(8-12)24-11-23-14)19-9-13-10-20(18(22)25-13)17-2-1-7-26-17/h1-3,5,7-8,13H,4,6,9-11H2,(H,19,21). The van der Waals surface area contributed by atoms with E-state index in [-0.39, 0.29) is 24.9 Å². The van der Waals surface area contributed by atoms with Gasteiger partial charge in [-0.1, -0.05) is 6.07 Å². The zero-order valence-corrected chi connectivity index (χ0v) is 14.8. The van der Waals surface area contributed by atoms with Crippen molar-refractivity contribution in [2.45, 2.75) is 18.9 Å². The smallest absolute Gasteiger partial charge is 0.415 e. The van der Waals surface area contributed by atoms with Gasteiger partial charge in [-0.2, -0.15) is 0 Å². The molecular formula is C18H18N2O5S. The summed E-state index contributed by atoms with van der Waals surface area (Å²) in [5.74, 6) is 1.37. The maximum Gasteiger partial charge on any atom is 0.415 e. The fourth-order valence-corrected chi connectivity index (χ4v) is 3.63. The van der Waals surface area contributed by atoms with Crippen LogP contribution in [-0.2, 0) is 16.0 Å². The number of hydrogen-bond donors (Lipinski definition) is 1. The van der Waals surface area contributed by atoms with E-state index in [1.807, 2.05) is 35.7 Å². The summed E-state index contributed by atoms with van der Waals surface area (Å²) >= 11 is 1.48. The Morgan fingerprint density at radius 1 is 1.27 bits per heavy atom. The molecule has 7 nitrogen and oxygen atoms in total. The Labute approximate surface area is 154 Å². The molecule has 1 atom stereocenters.